The van der Waals surface area contributed by atoms with E-state index >= 15 is 0 Å². The van der Waals surface area contributed by atoms with Crippen LogP contribution < -0.4 is 11.1 Å². The number of ether oxygens (including phenoxy) is 1. The van der Waals surface area contributed by atoms with Crippen molar-refractivity contribution >= 4 is 22.9 Å². The highest BCUT2D eigenvalue weighted by molar-refractivity contribution is 7.14. The number of rotatable bonds is 4. The molecule has 2 rings (SSSR count). The van der Waals surface area contributed by atoms with Gasteiger partial charge in [0.2, 0.25) is 0 Å². The molecule has 3 N–H and O–H groups in total. The first-order valence-corrected chi connectivity index (χ1v) is 6.57. The molecule has 0 unspecified atom stereocenters. The maximum atomic E-state index is 11.9. The Hall–Kier alpha value is -1.07. The zero-order valence-corrected chi connectivity index (χ0v) is 11.0. The number of nitrogens with one attached hydrogen (secondary N) is 1. The van der Waals surface area contributed by atoms with Crippen LogP contribution in [-0.2, 0) is 4.74 Å². The van der Waals surface area contributed by atoms with Gasteiger partial charge in [-0.3, -0.25) is 4.79 Å². The number of hydrogen-bond acceptors (Lipinski definition) is 4. The van der Waals surface area contributed by atoms with Gasteiger partial charge >= 0.3 is 0 Å². The summed E-state index contributed by atoms with van der Waals surface area (Å²) in [6.07, 6.45) is 3.22. The zero-order chi connectivity index (χ0) is 12.5. The molecule has 0 aromatic carbocycles. The van der Waals surface area contributed by atoms with Crippen molar-refractivity contribution in [1.29, 1.82) is 0 Å². The van der Waals surface area contributed by atoms with Crippen LogP contribution in [-0.4, -0.2) is 25.2 Å². The zero-order valence-electron chi connectivity index (χ0n) is 10.2. The lowest BCUT2D eigenvalue weighted by Gasteiger charge is -2.40. The highest BCUT2D eigenvalue weighted by Crippen LogP contribution is 2.34. The van der Waals surface area contributed by atoms with E-state index in [2.05, 4.69) is 5.32 Å². The highest BCUT2D eigenvalue weighted by Gasteiger charge is 2.37. The Morgan fingerprint density at radius 2 is 2.35 bits per heavy atom. The van der Waals surface area contributed by atoms with E-state index in [1.807, 2.05) is 6.92 Å². The van der Waals surface area contributed by atoms with Crippen molar-refractivity contribution in [3.8, 4) is 0 Å². The molecular formula is C12H18N2O2S. The topological polar surface area (TPSA) is 64.3 Å². The number of nitrogens with two attached hydrogens (primary N) is 1. The standard InChI is InChI=1S/C12H18N2O2S/c1-8-9(13)6-10(17-8)11(15)14-7-12(16-2)4-3-5-12/h6H,3-5,7,13H2,1-2H3,(H,14,15). The number of anilines is 1. The number of methoxy groups -OCH3 is 1. The smallest absolute Gasteiger partial charge is 0.261 e. The molecule has 1 aromatic rings. The Morgan fingerprint density at radius 3 is 2.76 bits per heavy atom. The lowest BCUT2D eigenvalue weighted by Crippen LogP contribution is -2.49. The van der Waals surface area contributed by atoms with Gasteiger partial charge in [0.05, 0.1) is 10.5 Å². The summed E-state index contributed by atoms with van der Waals surface area (Å²) in [5.74, 6) is -0.0573. The summed E-state index contributed by atoms with van der Waals surface area (Å²) < 4.78 is 5.45. The van der Waals surface area contributed by atoms with Crippen LogP contribution in [0, 0.1) is 6.92 Å². The minimum Gasteiger partial charge on any atom is -0.398 e. The minimum atomic E-state index is -0.131. The summed E-state index contributed by atoms with van der Waals surface area (Å²) in [7, 11) is 1.71. The van der Waals surface area contributed by atoms with Crippen LogP contribution >= 0.6 is 11.3 Å². The number of amides is 1. The first kappa shape index (κ1) is 12.4. The predicted octanol–water partition coefficient (Wildman–Crippen LogP) is 1.94. The first-order valence-electron chi connectivity index (χ1n) is 5.75. The number of carbonyl (C=O) groups is 1. The van der Waals surface area contributed by atoms with E-state index < -0.39 is 0 Å². The highest BCUT2D eigenvalue weighted by atomic mass is 32.1. The van der Waals surface area contributed by atoms with Gasteiger partial charge < -0.3 is 15.8 Å². The van der Waals surface area contributed by atoms with Gasteiger partial charge in [0, 0.05) is 24.2 Å². The predicted molar refractivity (Wildman–Crippen MR) is 69.4 cm³/mol. The Bertz CT molecular complexity index is 399. The SMILES string of the molecule is COC1(CNC(=O)c2cc(N)c(C)s2)CCC1. The molecular weight excluding hydrogens is 236 g/mol. The molecule has 0 saturated heterocycles. The van der Waals surface area contributed by atoms with Crippen LogP contribution in [0.1, 0.15) is 33.8 Å². The van der Waals surface area contributed by atoms with Crippen molar-refractivity contribution in [2.45, 2.75) is 31.8 Å². The molecule has 0 bridgehead atoms. The van der Waals surface area contributed by atoms with Gasteiger partial charge in [-0.05, 0) is 32.3 Å². The van der Waals surface area contributed by atoms with Crippen molar-refractivity contribution in [2.75, 3.05) is 19.4 Å². The van der Waals surface area contributed by atoms with Crippen LogP contribution in [0.3, 0.4) is 0 Å². The van der Waals surface area contributed by atoms with Crippen LogP contribution in [0.5, 0.6) is 0 Å². The number of carbonyl (C=O) groups excluding carboxylic acids is 1. The van der Waals surface area contributed by atoms with Crippen molar-refractivity contribution < 1.29 is 9.53 Å². The monoisotopic (exact) mass is 254 g/mol. The molecule has 0 aliphatic heterocycles. The molecule has 1 aliphatic carbocycles. The quantitative estimate of drug-likeness (QED) is 0.863. The second-order valence-corrected chi connectivity index (χ2v) is 5.80. The second-order valence-electron chi connectivity index (χ2n) is 4.55. The van der Waals surface area contributed by atoms with E-state index in [1.165, 1.54) is 17.8 Å². The van der Waals surface area contributed by atoms with Gasteiger partial charge in [-0.1, -0.05) is 0 Å². The summed E-state index contributed by atoms with van der Waals surface area (Å²) in [6, 6.07) is 1.73. The lowest BCUT2D eigenvalue weighted by molar-refractivity contribution is -0.0679. The van der Waals surface area contributed by atoms with E-state index in [0.717, 1.165) is 17.7 Å². The first-order chi connectivity index (χ1) is 8.06. The van der Waals surface area contributed by atoms with Crippen LogP contribution in [0.15, 0.2) is 6.07 Å². The van der Waals surface area contributed by atoms with E-state index in [9.17, 15) is 4.79 Å². The Balaban J connectivity index is 1.93. The molecule has 1 saturated carbocycles. The Kier molecular flexibility index (Phi) is 3.40. The van der Waals surface area contributed by atoms with Crippen LogP contribution in [0.2, 0.25) is 0 Å². The van der Waals surface area contributed by atoms with Crippen molar-refractivity contribution in [3.63, 3.8) is 0 Å². The van der Waals surface area contributed by atoms with Crippen molar-refractivity contribution in [2.24, 2.45) is 0 Å². The fourth-order valence-electron chi connectivity index (χ4n) is 1.96. The molecule has 5 heteroatoms. The van der Waals surface area contributed by atoms with Gasteiger partial charge in [0.1, 0.15) is 0 Å². The summed E-state index contributed by atoms with van der Waals surface area (Å²) in [6.45, 7) is 2.50. The van der Waals surface area contributed by atoms with Gasteiger partial charge in [-0.2, -0.15) is 0 Å². The Morgan fingerprint density at radius 1 is 1.65 bits per heavy atom. The number of aryl methyl sites for hydroxylation is 1. The molecule has 17 heavy (non-hydrogen) atoms. The van der Waals surface area contributed by atoms with Crippen LogP contribution in [0.4, 0.5) is 5.69 Å². The van der Waals surface area contributed by atoms with Crippen LogP contribution in [0.25, 0.3) is 0 Å². The largest absolute Gasteiger partial charge is 0.398 e. The minimum absolute atomic E-state index is 0.0573. The van der Waals surface area contributed by atoms with Gasteiger partial charge in [0.15, 0.2) is 0 Å². The second kappa shape index (κ2) is 4.66. The maximum Gasteiger partial charge on any atom is 0.261 e. The van der Waals surface area contributed by atoms with Gasteiger partial charge in [-0.25, -0.2) is 0 Å². The maximum absolute atomic E-state index is 11.9. The van der Waals surface area contributed by atoms with Gasteiger partial charge in [-0.15, -0.1) is 11.3 Å². The summed E-state index contributed by atoms with van der Waals surface area (Å²) in [4.78, 5) is 13.6. The Labute approximate surface area is 105 Å². The molecule has 1 aromatic heterocycles. The summed E-state index contributed by atoms with van der Waals surface area (Å²) in [5.41, 5.74) is 6.28. The third-order valence-electron chi connectivity index (χ3n) is 3.45. The average Bonchev–Trinajstić information content (AvgIpc) is 2.58. The number of nitrogen functional groups attached to an aromatic ring is 1. The van der Waals surface area contributed by atoms with Crippen molar-refractivity contribution in [1.82, 2.24) is 5.32 Å². The van der Waals surface area contributed by atoms with E-state index in [-0.39, 0.29) is 11.5 Å². The summed E-state index contributed by atoms with van der Waals surface area (Å²) in [5, 5.41) is 2.92. The number of thiophene rings is 1. The van der Waals surface area contributed by atoms with Gasteiger partial charge in [0.25, 0.3) is 5.91 Å². The van der Waals surface area contributed by atoms with Crippen molar-refractivity contribution in [3.05, 3.63) is 15.8 Å². The van der Waals surface area contributed by atoms with E-state index in [4.69, 9.17) is 10.5 Å². The lowest BCUT2D eigenvalue weighted by atomic mass is 9.80. The fraction of sp³-hybridized carbons (Fsp3) is 0.583. The molecule has 1 amide bonds. The molecule has 1 heterocycles. The molecule has 1 aliphatic rings. The third kappa shape index (κ3) is 2.45. The fourth-order valence-corrected chi connectivity index (χ4v) is 2.82. The molecule has 94 valence electrons. The number of hydrogen-bond donors (Lipinski definition) is 2. The molecule has 0 spiro atoms. The molecule has 0 radical (unpaired) electrons. The normalized spacial score (nSPS) is 17.5. The third-order valence-corrected chi connectivity index (χ3v) is 4.51. The van der Waals surface area contributed by atoms with E-state index in [1.54, 1.807) is 13.2 Å². The summed E-state index contributed by atoms with van der Waals surface area (Å²) >= 11 is 1.43. The molecule has 4 nitrogen and oxygen atoms in total. The van der Waals surface area contributed by atoms with E-state index in [0.29, 0.717) is 17.1 Å². The molecule has 1 fully saturated rings. The molecule has 0 atom stereocenters. The average molecular weight is 254 g/mol.